The number of carbonyl (C=O) groups excluding carboxylic acids is 1. The van der Waals surface area contributed by atoms with Gasteiger partial charge >= 0.3 is 0 Å². The average molecular weight is 453 g/mol. The summed E-state index contributed by atoms with van der Waals surface area (Å²) in [7, 11) is 0. The highest BCUT2D eigenvalue weighted by molar-refractivity contribution is 6.30. The monoisotopic (exact) mass is 452 g/mol. The molecule has 0 saturated heterocycles. The molecule has 0 aliphatic heterocycles. The number of aromatic amines is 1. The van der Waals surface area contributed by atoms with Crippen molar-refractivity contribution in [1.29, 1.82) is 0 Å². The first-order valence-corrected chi connectivity index (χ1v) is 12.6. The maximum Gasteiger partial charge on any atom is 0.227 e. The van der Waals surface area contributed by atoms with Gasteiger partial charge in [0.05, 0.1) is 12.1 Å². The van der Waals surface area contributed by atoms with Crippen molar-refractivity contribution in [2.75, 3.05) is 13.1 Å². The number of carbonyl (C=O) groups is 1. The normalized spacial score (nSPS) is 11.2. The number of aromatic nitrogens is 1. The number of hydrogen-bond donors (Lipinski definition) is 1. The van der Waals surface area contributed by atoms with Gasteiger partial charge in [0, 0.05) is 29.0 Å². The summed E-state index contributed by atoms with van der Waals surface area (Å²) in [5, 5.41) is 1.84. The van der Waals surface area contributed by atoms with Crippen molar-refractivity contribution in [3.05, 3.63) is 59.1 Å². The third-order valence-corrected chi connectivity index (χ3v) is 6.44. The molecule has 1 N–H and O–H groups in total. The molecule has 1 amide bonds. The van der Waals surface area contributed by atoms with Gasteiger partial charge in [0.1, 0.15) is 0 Å². The lowest BCUT2D eigenvalue weighted by Crippen LogP contribution is -2.34. The summed E-state index contributed by atoms with van der Waals surface area (Å²) < 4.78 is 0. The zero-order valence-corrected chi connectivity index (χ0v) is 20.4. The Morgan fingerprint density at radius 2 is 1.47 bits per heavy atom. The molecule has 0 saturated carbocycles. The molecule has 3 rings (SSSR count). The van der Waals surface area contributed by atoms with E-state index < -0.39 is 0 Å². The Morgan fingerprint density at radius 1 is 0.844 bits per heavy atom. The SMILES string of the molecule is CCCCCCN(CCCCCC)C(=O)Cc1c(-c2ccc(Cl)cc2)[nH]c2ccccc12. The topological polar surface area (TPSA) is 36.1 Å². The van der Waals surface area contributed by atoms with Crippen LogP contribution in [0.15, 0.2) is 48.5 Å². The summed E-state index contributed by atoms with van der Waals surface area (Å²) in [4.78, 5) is 19.2. The first kappa shape index (κ1) is 24.4. The number of nitrogens with zero attached hydrogens (tertiary/aromatic N) is 1. The Kier molecular flexibility index (Phi) is 9.67. The Balaban J connectivity index is 1.83. The first-order valence-electron chi connectivity index (χ1n) is 12.3. The molecule has 3 nitrogen and oxygen atoms in total. The lowest BCUT2D eigenvalue weighted by atomic mass is 10.0. The zero-order chi connectivity index (χ0) is 22.8. The Hall–Kier alpha value is -2.26. The van der Waals surface area contributed by atoms with E-state index in [1.54, 1.807) is 0 Å². The molecule has 2 aromatic carbocycles. The van der Waals surface area contributed by atoms with Gasteiger partial charge in [0.15, 0.2) is 0 Å². The molecule has 1 heterocycles. The van der Waals surface area contributed by atoms with Crippen LogP contribution in [0.25, 0.3) is 22.2 Å². The van der Waals surface area contributed by atoms with E-state index in [0.29, 0.717) is 11.4 Å². The van der Waals surface area contributed by atoms with Crippen LogP contribution >= 0.6 is 11.6 Å². The number of H-pyrrole nitrogens is 1. The number of hydrogen-bond acceptors (Lipinski definition) is 1. The third kappa shape index (κ3) is 6.62. The minimum Gasteiger partial charge on any atom is -0.354 e. The summed E-state index contributed by atoms with van der Waals surface area (Å²) in [6.07, 6.45) is 9.88. The molecule has 0 atom stereocenters. The maximum absolute atomic E-state index is 13.5. The van der Waals surface area contributed by atoms with Crippen molar-refractivity contribution in [2.45, 2.75) is 71.6 Å². The van der Waals surface area contributed by atoms with E-state index in [0.717, 1.165) is 53.7 Å². The number of amides is 1. The largest absolute Gasteiger partial charge is 0.354 e. The minimum absolute atomic E-state index is 0.234. The number of nitrogens with one attached hydrogen (secondary N) is 1. The van der Waals surface area contributed by atoms with Gasteiger partial charge < -0.3 is 9.88 Å². The predicted octanol–water partition coefficient (Wildman–Crippen LogP) is 8.02. The summed E-state index contributed by atoms with van der Waals surface area (Å²) in [6.45, 7) is 6.18. The van der Waals surface area contributed by atoms with E-state index in [9.17, 15) is 4.79 Å². The van der Waals surface area contributed by atoms with E-state index in [1.165, 1.54) is 38.5 Å². The van der Waals surface area contributed by atoms with Crippen LogP contribution in [-0.2, 0) is 11.2 Å². The quantitative estimate of drug-likeness (QED) is 0.262. The summed E-state index contributed by atoms with van der Waals surface area (Å²) in [5.41, 5.74) is 4.23. The van der Waals surface area contributed by atoms with Gasteiger partial charge in [-0.05, 0) is 42.2 Å². The Labute approximate surface area is 198 Å². The molecule has 172 valence electrons. The molecule has 4 heteroatoms. The van der Waals surface area contributed by atoms with E-state index in [1.807, 2.05) is 36.4 Å². The molecule has 0 radical (unpaired) electrons. The molecular formula is C28H37ClN2O. The average Bonchev–Trinajstić information content (AvgIpc) is 3.16. The maximum atomic E-state index is 13.5. The molecule has 1 aromatic heterocycles. The molecular weight excluding hydrogens is 416 g/mol. The van der Waals surface area contributed by atoms with Crippen LogP contribution in [0.4, 0.5) is 0 Å². The molecule has 3 aromatic rings. The van der Waals surface area contributed by atoms with Crippen LogP contribution < -0.4 is 0 Å². The zero-order valence-electron chi connectivity index (χ0n) is 19.6. The van der Waals surface area contributed by atoms with Crippen molar-refractivity contribution < 1.29 is 4.79 Å². The van der Waals surface area contributed by atoms with Gasteiger partial charge in [-0.25, -0.2) is 0 Å². The smallest absolute Gasteiger partial charge is 0.227 e. The molecule has 0 fully saturated rings. The van der Waals surface area contributed by atoms with Gasteiger partial charge in [0.2, 0.25) is 5.91 Å². The van der Waals surface area contributed by atoms with Gasteiger partial charge in [0.25, 0.3) is 0 Å². The van der Waals surface area contributed by atoms with Crippen molar-refractivity contribution in [3.63, 3.8) is 0 Å². The van der Waals surface area contributed by atoms with Gasteiger partial charge in [-0.3, -0.25) is 4.79 Å². The predicted molar refractivity (Wildman–Crippen MR) is 137 cm³/mol. The highest BCUT2D eigenvalue weighted by Gasteiger charge is 2.20. The highest BCUT2D eigenvalue weighted by atomic mass is 35.5. The highest BCUT2D eigenvalue weighted by Crippen LogP contribution is 2.32. The Bertz CT molecular complexity index is 965. The lowest BCUT2D eigenvalue weighted by Gasteiger charge is -2.23. The lowest BCUT2D eigenvalue weighted by molar-refractivity contribution is -0.130. The van der Waals surface area contributed by atoms with Crippen LogP contribution in [0.3, 0.4) is 0 Å². The number of rotatable bonds is 13. The van der Waals surface area contributed by atoms with Crippen molar-refractivity contribution >= 4 is 28.4 Å². The van der Waals surface area contributed by atoms with E-state index >= 15 is 0 Å². The van der Waals surface area contributed by atoms with Gasteiger partial charge in [-0.1, -0.05) is 94.3 Å². The van der Waals surface area contributed by atoms with E-state index in [2.05, 4.69) is 35.9 Å². The summed E-state index contributed by atoms with van der Waals surface area (Å²) in [5.74, 6) is 0.234. The van der Waals surface area contributed by atoms with Crippen molar-refractivity contribution in [2.24, 2.45) is 0 Å². The summed E-state index contributed by atoms with van der Waals surface area (Å²) >= 11 is 6.11. The number of benzene rings is 2. The fraction of sp³-hybridized carbons (Fsp3) is 0.464. The van der Waals surface area contributed by atoms with Crippen LogP contribution in [0.1, 0.15) is 70.8 Å². The Morgan fingerprint density at radius 3 is 2.09 bits per heavy atom. The van der Waals surface area contributed by atoms with E-state index in [-0.39, 0.29) is 5.91 Å². The molecule has 0 bridgehead atoms. The van der Waals surface area contributed by atoms with Crippen LogP contribution in [0, 0.1) is 0 Å². The van der Waals surface area contributed by atoms with Crippen molar-refractivity contribution in [3.8, 4) is 11.3 Å². The van der Waals surface area contributed by atoms with E-state index in [4.69, 9.17) is 11.6 Å². The fourth-order valence-electron chi connectivity index (χ4n) is 4.33. The van der Waals surface area contributed by atoms with Gasteiger partial charge in [-0.2, -0.15) is 0 Å². The van der Waals surface area contributed by atoms with Crippen LogP contribution in [-0.4, -0.2) is 28.9 Å². The number of halogens is 1. The summed E-state index contributed by atoms with van der Waals surface area (Å²) in [6, 6.07) is 16.1. The van der Waals surface area contributed by atoms with Crippen LogP contribution in [0.5, 0.6) is 0 Å². The molecule has 0 spiro atoms. The second-order valence-electron chi connectivity index (χ2n) is 8.71. The molecule has 0 unspecified atom stereocenters. The number of unbranched alkanes of at least 4 members (excludes halogenated alkanes) is 6. The molecule has 32 heavy (non-hydrogen) atoms. The number of para-hydroxylation sites is 1. The van der Waals surface area contributed by atoms with Crippen LogP contribution in [0.2, 0.25) is 5.02 Å². The second-order valence-corrected chi connectivity index (χ2v) is 9.15. The first-order chi connectivity index (χ1) is 15.6. The van der Waals surface area contributed by atoms with Gasteiger partial charge in [-0.15, -0.1) is 0 Å². The minimum atomic E-state index is 0.234. The standard InChI is InChI=1S/C28H37ClN2O/c1-3-5-7-11-19-31(20-12-8-6-4-2)27(32)21-25-24-13-9-10-14-26(24)30-28(25)22-15-17-23(29)18-16-22/h9-10,13-18,30H,3-8,11-12,19-21H2,1-2H3. The third-order valence-electron chi connectivity index (χ3n) is 6.19. The second kappa shape index (κ2) is 12.7. The molecule has 0 aliphatic rings. The number of fused-ring (bicyclic) bond motifs is 1. The fourth-order valence-corrected chi connectivity index (χ4v) is 4.46. The van der Waals surface area contributed by atoms with Crippen molar-refractivity contribution in [1.82, 2.24) is 9.88 Å². The molecule has 0 aliphatic carbocycles.